The third-order valence-electron chi connectivity index (χ3n) is 3.01. The van der Waals surface area contributed by atoms with Crippen LogP contribution in [0.4, 0.5) is 5.69 Å². The minimum atomic E-state index is -0.427. The molecule has 1 aliphatic heterocycles. The molecule has 0 amide bonds. The fourth-order valence-corrected chi connectivity index (χ4v) is 2.13. The van der Waals surface area contributed by atoms with Gasteiger partial charge in [0.1, 0.15) is 6.23 Å². The molecule has 0 fully saturated rings. The van der Waals surface area contributed by atoms with Gasteiger partial charge in [0.05, 0.1) is 0 Å². The van der Waals surface area contributed by atoms with Gasteiger partial charge in [-0.05, 0) is 29.5 Å². The van der Waals surface area contributed by atoms with Crippen molar-refractivity contribution in [3.8, 4) is 0 Å². The molecule has 16 heavy (non-hydrogen) atoms. The number of hydrogen-bond donors (Lipinski definition) is 1. The minimum absolute atomic E-state index is 0.427. The van der Waals surface area contributed by atoms with Crippen LogP contribution in [-0.2, 0) is 6.42 Å². The van der Waals surface area contributed by atoms with E-state index in [1.54, 1.807) is 0 Å². The summed E-state index contributed by atoms with van der Waals surface area (Å²) in [5.74, 6) is 0.671. The van der Waals surface area contributed by atoms with Gasteiger partial charge in [0.25, 0.3) is 0 Å². The molecule has 2 radical (unpaired) electrons. The van der Waals surface area contributed by atoms with Gasteiger partial charge in [-0.25, -0.2) is 0 Å². The molecule has 0 spiro atoms. The summed E-state index contributed by atoms with van der Waals surface area (Å²) in [5.41, 5.74) is 3.56. The Labute approximate surface area is 97.9 Å². The summed E-state index contributed by atoms with van der Waals surface area (Å²) in [6.45, 7) is 4.45. The van der Waals surface area contributed by atoms with Crippen LogP contribution in [0.2, 0.25) is 0 Å². The first kappa shape index (κ1) is 11.5. The van der Waals surface area contributed by atoms with Gasteiger partial charge in [-0.1, -0.05) is 26.0 Å². The van der Waals surface area contributed by atoms with Crippen LogP contribution >= 0.6 is 0 Å². The molecular weight excluding hydrogens is 198 g/mol. The fraction of sp³-hybridized carbons (Fsp3) is 0.500. The number of nitrogens with zero attached hydrogens (tertiary/aromatic N) is 1. The smallest absolute Gasteiger partial charge is 0.127 e. The van der Waals surface area contributed by atoms with Crippen LogP contribution in [0.3, 0.4) is 0 Å². The molecule has 2 heteroatoms. The first-order chi connectivity index (χ1) is 7.58. The molecule has 0 saturated heterocycles. The molecular formula is C14H19NO. The highest BCUT2D eigenvalue weighted by molar-refractivity contribution is 5.60. The van der Waals surface area contributed by atoms with E-state index in [0.717, 1.165) is 17.7 Å². The molecule has 0 aliphatic carbocycles. The second-order valence-electron chi connectivity index (χ2n) is 4.92. The molecule has 0 aromatic heterocycles. The summed E-state index contributed by atoms with van der Waals surface area (Å²) in [5, 5.41) is 9.70. The van der Waals surface area contributed by atoms with Crippen molar-refractivity contribution in [3.05, 3.63) is 35.7 Å². The van der Waals surface area contributed by atoms with E-state index in [1.807, 2.05) is 11.9 Å². The number of aliphatic hydroxyl groups is 1. The van der Waals surface area contributed by atoms with Gasteiger partial charge in [-0.15, -0.1) is 0 Å². The Morgan fingerprint density at radius 2 is 2.25 bits per heavy atom. The van der Waals surface area contributed by atoms with Crippen molar-refractivity contribution in [1.82, 2.24) is 0 Å². The first-order valence-electron chi connectivity index (χ1n) is 5.85. The van der Waals surface area contributed by atoms with Gasteiger partial charge in [-0.2, -0.15) is 0 Å². The van der Waals surface area contributed by atoms with E-state index in [1.165, 1.54) is 5.56 Å². The molecule has 2 rings (SSSR count). The van der Waals surface area contributed by atoms with E-state index in [0.29, 0.717) is 12.3 Å². The molecule has 1 N–H and O–H groups in total. The molecule has 1 atom stereocenters. The highest BCUT2D eigenvalue weighted by Crippen LogP contribution is 2.31. The van der Waals surface area contributed by atoms with E-state index in [9.17, 15) is 5.11 Å². The van der Waals surface area contributed by atoms with Gasteiger partial charge in [-0.3, -0.25) is 0 Å². The number of hydrogen-bond acceptors (Lipinski definition) is 2. The van der Waals surface area contributed by atoms with E-state index in [-0.39, 0.29) is 0 Å². The summed E-state index contributed by atoms with van der Waals surface area (Å²) in [4.78, 5) is 1.91. The number of aliphatic hydroxyl groups excluding tert-OH is 1. The topological polar surface area (TPSA) is 23.5 Å². The number of anilines is 1. The van der Waals surface area contributed by atoms with Crippen molar-refractivity contribution in [2.24, 2.45) is 5.92 Å². The summed E-state index contributed by atoms with van der Waals surface area (Å²) in [7, 11) is 1.92. The van der Waals surface area contributed by atoms with Gasteiger partial charge in [0.15, 0.2) is 0 Å². The summed E-state index contributed by atoms with van der Waals surface area (Å²) in [6, 6.07) is 6.43. The third kappa shape index (κ3) is 2.22. The van der Waals surface area contributed by atoms with Crippen LogP contribution in [0.15, 0.2) is 18.2 Å². The van der Waals surface area contributed by atoms with Crippen LogP contribution in [0.1, 0.15) is 31.4 Å². The van der Waals surface area contributed by atoms with Gasteiger partial charge >= 0.3 is 0 Å². The largest absolute Gasteiger partial charge is 0.374 e. The Kier molecular flexibility index (Phi) is 3.20. The standard InChI is InChI=1S/C14H19NO/c1-10(2)8-11-4-6-13-12(9-11)5-7-14(16)15(13)3/h4,6,9-10,14,16H,7-8H2,1-3H3. The lowest BCUT2D eigenvalue weighted by Crippen LogP contribution is -2.35. The van der Waals surface area contributed by atoms with Crippen molar-refractivity contribution in [3.63, 3.8) is 0 Å². The molecule has 1 unspecified atom stereocenters. The fourth-order valence-electron chi connectivity index (χ4n) is 2.13. The first-order valence-corrected chi connectivity index (χ1v) is 5.85. The zero-order chi connectivity index (χ0) is 11.7. The quantitative estimate of drug-likeness (QED) is 0.822. The minimum Gasteiger partial charge on any atom is -0.374 e. The number of benzene rings is 1. The summed E-state index contributed by atoms with van der Waals surface area (Å²) < 4.78 is 0. The van der Waals surface area contributed by atoms with E-state index >= 15 is 0 Å². The highest BCUT2D eigenvalue weighted by Gasteiger charge is 2.21. The number of fused-ring (bicyclic) bond motifs is 1. The summed E-state index contributed by atoms with van der Waals surface area (Å²) in [6.07, 6.45) is 4.53. The van der Waals surface area contributed by atoms with Crippen LogP contribution < -0.4 is 4.90 Å². The Bertz CT molecular complexity index is 373. The second kappa shape index (κ2) is 4.46. The molecule has 86 valence electrons. The van der Waals surface area contributed by atoms with Crippen LogP contribution in [0.25, 0.3) is 0 Å². The zero-order valence-electron chi connectivity index (χ0n) is 10.2. The van der Waals surface area contributed by atoms with Crippen molar-refractivity contribution in [2.45, 2.75) is 32.9 Å². The molecule has 1 aromatic rings. The average Bonchev–Trinajstić information content (AvgIpc) is 2.23. The van der Waals surface area contributed by atoms with Gasteiger partial charge in [0, 0.05) is 25.6 Å². The Morgan fingerprint density at radius 1 is 1.50 bits per heavy atom. The highest BCUT2D eigenvalue weighted by atomic mass is 16.3. The molecule has 1 aromatic carbocycles. The predicted molar refractivity (Wildman–Crippen MR) is 66.4 cm³/mol. The number of rotatable bonds is 2. The maximum Gasteiger partial charge on any atom is 0.127 e. The molecule has 2 nitrogen and oxygen atoms in total. The van der Waals surface area contributed by atoms with Crippen molar-refractivity contribution >= 4 is 5.69 Å². The normalized spacial score (nSPS) is 20.1. The summed E-state index contributed by atoms with van der Waals surface area (Å²) >= 11 is 0. The van der Waals surface area contributed by atoms with Crippen LogP contribution in [0, 0.1) is 12.3 Å². The van der Waals surface area contributed by atoms with E-state index in [2.05, 4.69) is 38.5 Å². The Balaban J connectivity index is 2.26. The van der Waals surface area contributed by atoms with Crippen molar-refractivity contribution in [2.75, 3.05) is 11.9 Å². The maximum absolute atomic E-state index is 9.70. The van der Waals surface area contributed by atoms with Gasteiger partial charge < -0.3 is 10.0 Å². The SMILES string of the molecule is CC(C)Cc1ccc2c(c1)[C]CC(O)N2C. The van der Waals surface area contributed by atoms with E-state index < -0.39 is 6.23 Å². The van der Waals surface area contributed by atoms with Crippen molar-refractivity contribution < 1.29 is 5.11 Å². The molecule has 0 saturated carbocycles. The zero-order valence-corrected chi connectivity index (χ0v) is 10.2. The maximum atomic E-state index is 9.70. The van der Waals surface area contributed by atoms with E-state index in [4.69, 9.17) is 0 Å². The monoisotopic (exact) mass is 217 g/mol. The molecule has 1 heterocycles. The third-order valence-corrected chi connectivity index (χ3v) is 3.01. The van der Waals surface area contributed by atoms with Crippen molar-refractivity contribution in [1.29, 1.82) is 0 Å². The lowest BCUT2D eigenvalue weighted by molar-refractivity contribution is 0.171. The average molecular weight is 217 g/mol. The second-order valence-corrected chi connectivity index (χ2v) is 4.92. The molecule has 0 bridgehead atoms. The Hall–Kier alpha value is -1.02. The predicted octanol–water partition coefficient (Wildman–Crippen LogP) is 2.47. The van der Waals surface area contributed by atoms with Gasteiger partial charge in [0.2, 0.25) is 0 Å². The lowest BCUT2D eigenvalue weighted by atomic mass is 9.95. The lowest BCUT2D eigenvalue weighted by Gasteiger charge is -2.32. The Morgan fingerprint density at radius 3 is 2.94 bits per heavy atom. The van der Waals surface area contributed by atoms with Crippen LogP contribution in [0.5, 0.6) is 0 Å². The molecule has 1 aliphatic rings. The van der Waals surface area contributed by atoms with Crippen LogP contribution in [-0.4, -0.2) is 18.4 Å².